The quantitative estimate of drug-likeness (QED) is 0.666. The second-order valence-corrected chi connectivity index (χ2v) is 4.41. The molecule has 0 spiro atoms. The van der Waals surface area contributed by atoms with Crippen LogP contribution < -0.4 is 5.32 Å². The van der Waals surface area contributed by atoms with Gasteiger partial charge in [0.1, 0.15) is 12.9 Å². The van der Waals surface area contributed by atoms with E-state index >= 15 is 0 Å². The molecule has 5 heteroatoms. The molecule has 5 nitrogen and oxygen atoms in total. The highest BCUT2D eigenvalue weighted by Crippen LogP contribution is 1.98. The molecule has 0 unspecified atom stereocenters. The number of nitrogens with one attached hydrogen (secondary N) is 1. The van der Waals surface area contributed by atoms with Crippen LogP contribution in [0.25, 0.3) is 0 Å². The summed E-state index contributed by atoms with van der Waals surface area (Å²) < 4.78 is 7.49. The van der Waals surface area contributed by atoms with E-state index in [1.54, 1.807) is 6.33 Å². The van der Waals surface area contributed by atoms with Gasteiger partial charge in [-0.2, -0.15) is 5.10 Å². The van der Waals surface area contributed by atoms with E-state index in [4.69, 9.17) is 4.74 Å². The van der Waals surface area contributed by atoms with Gasteiger partial charge >= 0.3 is 0 Å². The van der Waals surface area contributed by atoms with Gasteiger partial charge in [0.15, 0.2) is 5.82 Å². The van der Waals surface area contributed by atoms with E-state index < -0.39 is 0 Å². The molecule has 1 rings (SSSR count). The predicted octanol–water partition coefficient (Wildman–Crippen LogP) is 1.59. The molecule has 98 valence electrons. The summed E-state index contributed by atoms with van der Waals surface area (Å²) in [4.78, 5) is 4.19. The Morgan fingerprint density at radius 1 is 1.47 bits per heavy atom. The minimum absolute atomic E-state index is 0.544. The molecule has 1 heterocycles. The normalized spacial score (nSPS) is 11.3. The summed E-state index contributed by atoms with van der Waals surface area (Å²) in [6, 6.07) is 0.544. The summed E-state index contributed by atoms with van der Waals surface area (Å²) in [6.07, 6.45) is 3.68. The van der Waals surface area contributed by atoms with E-state index in [1.165, 1.54) is 0 Å². The Morgan fingerprint density at radius 3 is 3.00 bits per heavy atom. The lowest BCUT2D eigenvalue weighted by atomic mass is 10.3. The van der Waals surface area contributed by atoms with Crippen LogP contribution in [0.2, 0.25) is 0 Å². The van der Waals surface area contributed by atoms with E-state index in [2.05, 4.69) is 36.2 Å². The lowest BCUT2D eigenvalue weighted by Gasteiger charge is -2.08. The van der Waals surface area contributed by atoms with Gasteiger partial charge in [-0.25, -0.2) is 9.67 Å². The lowest BCUT2D eigenvalue weighted by Crippen LogP contribution is -2.24. The largest absolute Gasteiger partial charge is 0.373 e. The third-order valence-electron chi connectivity index (χ3n) is 2.38. The minimum atomic E-state index is 0.544. The standard InChI is InChI=1S/C12H24N4O/c1-4-7-16-12(14-10-15-16)9-17-8-5-6-13-11(2)3/h10-11,13H,4-9H2,1-3H3. The van der Waals surface area contributed by atoms with Crippen molar-refractivity contribution in [2.45, 2.75) is 52.8 Å². The summed E-state index contributed by atoms with van der Waals surface area (Å²) in [5.41, 5.74) is 0. The topological polar surface area (TPSA) is 52.0 Å². The van der Waals surface area contributed by atoms with Crippen molar-refractivity contribution in [2.75, 3.05) is 13.2 Å². The smallest absolute Gasteiger partial charge is 0.152 e. The average Bonchev–Trinajstić information content (AvgIpc) is 2.71. The highest BCUT2D eigenvalue weighted by Gasteiger charge is 2.02. The molecule has 0 amide bonds. The maximum atomic E-state index is 5.58. The highest BCUT2D eigenvalue weighted by molar-refractivity contribution is 4.81. The van der Waals surface area contributed by atoms with Crippen LogP contribution in [0.1, 0.15) is 39.4 Å². The first kappa shape index (κ1) is 14.1. The third kappa shape index (κ3) is 5.79. The van der Waals surface area contributed by atoms with Gasteiger partial charge in [0.2, 0.25) is 0 Å². The molecule has 0 aliphatic rings. The van der Waals surface area contributed by atoms with Crippen molar-refractivity contribution in [1.82, 2.24) is 20.1 Å². The third-order valence-corrected chi connectivity index (χ3v) is 2.38. The molecule has 0 saturated heterocycles. The maximum Gasteiger partial charge on any atom is 0.152 e. The van der Waals surface area contributed by atoms with E-state index in [0.717, 1.165) is 38.4 Å². The van der Waals surface area contributed by atoms with Crippen molar-refractivity contribution in [3.63, 3.8) is 0 Å². The van der Waals surface area contributed by atoms with Crippen molar-refractivity contribution in [2.24, 2.45) is 0 Å². The van der Waals surface area contributed by atoms with Crippen molar-refractivity contribution < 1.29 is 4.74 Å². The zero-order chi connectivity index (χ0) is 12.5. The van der Waals surface area contributed by atoms with Crippen LogP contribution in [-0.4, -0.2) is 34.0 Å². The zero-order valence-corrected chi connectivity index (χ0v) is 11.1. The van der Waals surface area contributed by atoms with Crippen LogP contribution >= 0.6 is 0 Å². The van der Waals surface area contributed by atoms with Crippen LogP contribution in [0.4, 0.5) is 0 Å². The number of aromatic nitrogens is 3. The van der Waals surface area contributed by atoms with Crippen molar-refractivity contribution in [1.29, 1.82) is 0 Å². The second-order valence-electron chi connectivity index (χ2n) is 4.41. The molecule has 0 atom stereocenters. The Balaban J connectivity index is 2.11. The Kier molecular flexibility index (Phi) is 6.81. The van der Waals surface area contributed by atoms with Crippen LogP contribution in [-0.2, 0) is 17.9 Å². The average molecular weight is 240 g/mol. The number of ether oxygens (including phenoxy) is 1. The minimum Gasteiger partial charge on any atom is -0.373 e. The Bertz CT molecular complexity index is 298. The van der Waals surface area contributed by atoms with Gasteiger partial charge in [-0.1, -0.05) is 20.8 Å². The van der Waals surface area contributed by atoms with Gasteiger partial charge in [-0.15, -0.1) is 0 Å². The second kappa shape index (κ2) is 8.20. The van der Waals surface area contributed by atoms with Crippen molar-refractivity contribution in [3.05, 3.63) is 12.2 Å². The van der Waals surface area contributed by atoms with E-state index in [-0.39, 0.29) is 0 Å². The van der Waals surface area contributed by atoms with Gasteiger partial charge in [0, 0.05) is 19.2 Å². The number of rotatable bonds is 9. The first-order valence-corrected chi connectivity index (χ1v) is 6.41. The number of aryl methyl sites for hydroxylation is 1. The van der Waals surface area contributed by atoms with E-state index in [0.29, 0.717) is 12.6 Å². The van der Waals surface area contributed by atoms with Crippen molar-refractivity contribution in [3.8, 4) is 0 Å². The summed E-state index contributed by atoms with van der Waals surface area (Å²) in [7, 11) is 0. The van der Waals surface area contributed by atoms with Crippen LogP contribution in [0, 0.1) is 0 Å². The Hall–Kier alpha value is -0.940. The van der Waals surface area contributed by atoms with Gasteiger partial charge in [-0.3, -0.25) is 0 Å². The summed E-state index contributed by atoms with van der Waals surface area (Å²) in [6.45, 7) is 9.65. The molecule has 0 fully saturated rings. The van der Waals surface area contributed by atoms with E-state index in [1.807, 2.05) is 4.68 Å². The fourth-order valence-electron chi connectivity index (χ4n) is 1.53. The first-order chi connectivity index (χ1) is 8.24. The molecule has 0 saturated carbocycles. The van der Waals surface area contributed by atoms with Crippen molar-refractivity contribution >= 4 is 0 Å². The molecule has 1 aromatic rings. The molecule has 1 N–H and O–H groups in total. The van der Waals surface area contributed by atoms with Gasteiger partial charge < -0.3 is 10.1 Å². The molecule has 0 aliphatic carbocycles. The van der Waals surface area contributed by atoms with E-state index in [9.17, 15) is 0 Å². The lowest BCUT2D eigenvalue weighted by molar-refractivity contribution is 0.109. The SMILES string of the molecule is CCCn1ncnc1COCCCNC(C)C. The molecular weight excluding hydrogens is 216 g/mol. The van der Waals surface area contributed by atoms with Crippen LogP contribution in [0.5, 0.6) is 0 Å². The highest BCUT2D eigenvalue weighted by atomic mass is 16.5. The monoisotopic (exact) mass is 240 g/mol. The fraction of sp³-hybridized carbons (Fsp3) is 0.833. The molecule has 17 heavy (non-hydrogen) atoms. The molecule has 0 radical (unpaired) electrons. The fourth-order valence-corrected chi connectivity index (χ4v) is 1.53. The van der Waals surface area contributed by atoms with Crippen LogP contribution in [0.15, 0.2) is 6.33 Å². The molecule has 0 aliphatic heterocycles. The summed E-state index contributed by atoms with van der Waals surface area (Å²) >= 11 is 0. The maximum absolute atomic E-state index is 5.58. The van der Waals surface area contributed by atoms with Crippen LogP contribution in [0.3, 0.4) is 0 Å². The zero-order valence-electron chi connectivity index (χ0n) is 11.1. The van der Waals surface area contributed by atoms with Gasteiger partial charge in [-0.05, 0) is 19.4 Å². The molecule has 0 bridgehead atoms. The number of hydrogen-bond acceptors (Lipinski definition) is 4. The number of hydrogen-bond donors (Lipinski definition) is 1. The van der Waals surface area contributed by atoms with Gasteiger partial charge in [0.05, 0.1) is 0 Å². The van der Waals surface area contributed by atoms with Gasteiger partial charge in [0.25, 0.3) is 0 Å². The Morgan fingerprint density at radius 2 is 2.29 bits per heavy atom. The first-order valence-electron chi connectivity index (χ1n) is 6.41. The predicted molar refractivity (Wildman–Crippen MR) is 67.7 cm³/mol. The number of nitrogens with zero attached hydrogens (tertiary/aromatic N) is 3. The molecule has 1 aromatic heterocycles. The summed E-state index contributed by atoms with van der Waals surface area (Å²) in [5, 5.41) is 7.52. The molecule has 0 aromatic carbocycles. The Labute approximate surface area is 104 Å². The molecular formula is C12H24N4O. The summed E-state index contributed by atoms with van der Waals surface area (Å²) in [5.74, 6) is 0.920.